The van der Waals surface area contributed by atoms with Gasteiger partial charge in [0.1, 0.15) is 0 Å². The summed E-state index contributed by atoms with van der Waals surface area (Å²) >= 11 is 0. The molecule has 0 unspecified atom stereocenters. The lowest BCUT2D eigenvalue weighted by Crippen LogP contribution is -2.36. The van der Waals surface area contributed by atoms with E-state index in [9.17, 15) is 9.59 Å². The summed E-state index contributed by atoms with van der Waals surface area (Å²) in [6.07, 6.45) is 1.76. The summed E-state index contributed by atoms with van der Waals surface area (Å²) in [6.45, 7) is 0.184. The molecule has 112 valence electrons. The van der Waals surface area contributed by atoms with E-state index in [-0.39, 0.29) is 24.8 Å². The molecule has 2 amide bonds. The van der Waals surface area contributed by atoms with E-state index in [0.29, 0.717) is 36.4 Å². The summed E-state index contributed by atoms with van der Waals surface area (Å²) < 4.78 is 10.4. The average Bonchev–Trinajstić information content (AvgIpc) is 3.06. The Morgan fingerprint density at radius 2 is 2.00 bits per heavy atom. The molecule has 0 saturated heterocycles. The molecule has 7 heteroatoms. The zero-order valence-corrected chi connectivity index (χ0v) is 11.3. The summed E-state index contributed by atoms with van der Waals surface area (Å²) in [4.78, 5) is 22.8. The molecule has 7 nitrogen and oxygen atoms in total. The zero-order chi connectivity index (χ0) is 14.8. The van der Waals surface area contributed by atoms with E-state index >= 15 is 0 Å². The van der Waals surface area contributed by atoms with Crippen molar-refractivity contribution in [2.75, 3.05) is 12.1 Å². The molecule has 2 aliphatic rings. The Kier molecular flexibility index (Phi) is 3.55. The van der Waals surface area contributed by atoms with Crippen LogP contribution in [0.3, 0.4) is 0 Å². The molecule has 1 aliphatic carbocycles. The van der Waals surface area contributed by atoms with Crippen LogP contribution in [0.25, 0.3) is 0 Å². The largest absolute Gasteiger partial charge is 0.481 e. The number of carboxylic acid groups (broad SMARTS) is 1. The number of hydrogen-bond donors (Lipinski definition) is 3. The van der Waals surface area contributed by atoms with E-state index in [1.54, 1.807) is 18.2 Å². The quantitative estimate of drug-likeness (QED) is 0.789. The van der Waals surface area contributed by atoms with Crippen molar-refractivity contribution in [1.29, 1.82) is 0 Å². The van der Waals surface area contributed by atoms with Crippen LogP contribution in [0, 0.1) is 5.92 Å². The molecular formula is C14H16N2O5. The fourth-order valence-corrected chi connectivity index (χ4v) is 2.66. The molecule has 1 aromatic carbocycles. The lowest BCUT2D eigenvalue weighted by atomic mass is 10.1. The van der Waals surface area contributed by atoms with Gasteiger partial charge in [-0.05, 0) is 31.4 Å². The van der Waals surface area contributed by atoms with Gasteiger partial charge in [0.25, 0.3) is 0 Å². The molecule has 21 heavy (non-hydrogen) atoms. The molecule has 0 bridgehead atoms. The third kappa shape index (κ3) is 3.01. The van der Waals surface area contributed by atoms with Crippen LogP contribution in [-0.2, 0) is 4.79 Å². The second-order valence-electron chi connectivity index (χ2n) is 5.21. The summed E-state index contributed by atoms with van der Waals surface area (Å²) in [5.41, 5.74) is 0.601. The first-order chi connectivity index (χ1) is 10.1. The van der Waals surface area contributed by atoms with Crippen LogP contribution in [0.4, 0.5) is 10.5 Å². The minimum absolute atomic E-state index is 0.0971. The fourth-order valence-electron chi connectivity index (χ4n) is 2.66. The number of rotatable bonds is 3. The molecule has 1 aliphatic heterocycles. The summed E-state index contributed by atoms with van der Waals surface area (Å²) in [7, 11) is 0. The average molecular weight is 292 g/mol. The van der Waals surface area contributed by atoms with E-state index in [4.69, 9.17) is 14.6 Å². The smallest absolute Gasteiger partial charge is 0.319 e. The van der Waals surface area contributed by atoms with E-state index in [0.717, 1.165) is 0 Å². The molecular weight excluding hydrogens is 276 g/mol. The predicted molar refractivity (Wildman–Crippen MR) is 73.5 cm³/mol. The number of carbonyl (C=O) groups is 2. The van der Waals surface area contributed by atoms with Crippen LogP contribution < -0.4 is 20.1 Å². The lowest BCUT2D eigenvalue weighted by Gasteiger charge is -2.13. The number of urea groups is 1. The Balaban J connectivity index is 1.54. The normalized spacial score (nSPS) is 22.9. The first-order valence-corrected chi connectivity index (χ1v) is 6.82. The molecule has 1 heterocycles. The molecule has 3 rings (SSSR count). The number of amides is 2. The standard InChI is InChI=1S/C14H16N2O5/c17-13(18)8-1-2-9(5-8)15-14(19)16-10-3-4-11-12(6-10)21-7-20-11/h3-4,6,8-9H,1-2,5,7H2,(H,17,18)(H2,15,16,19)/t8-,9+/m1/s1. The molecule has 2 atom stereocenters. The maximum atomic E-state index is 11.9. The Hall–Kier alpha value is -2.44. The minimum Gasteiger partial charge on any atom is -0.481 e. The third-order valence-corrected chi connectivity index (χ3v) is 3.75. The Morgan fingerprint density at radius 3 is 2.76 bits per heavy atom. The molecule has 0 aromatic heterocycles. The van der Waals surface area contributed by atoms with Gasteiger partial charge in [-0.25, -0.2) is 4.79 Å². The van der Waals surface area contributed by atoms with Gasteiger partial charge in [0.2, 0.25) is 6.79 Å². The number of fused-ring (bicyclic) bond motifs is 1. The number of aliphatic carboxylic acids is 1. The molecule has 0 radical (unpaired) electrons. The second kappa shape index (κ2) is 5.51. The van der Waals surface area contributed by atoms with E-state index in [1.165, 1.54) is 0 Å². The SMILES string of the molecule is O=C(Nc1ccc2c(c1)OCO2)N[C@H]1CC[C@@H](C(=O)O)C1. The van der Waals surface area contributed by atoms with Crippen LogP contribution in [-0.4, -0.2) is 29.9 Å². The Labute approximate surface area is 121 Å². The van der Waals surface area contributed by atoms with Gasteiger partial charge in [-0.3, -0.25) is 4.79 Å². The highest BCUT2D eigenvalue weighted by atomic mass is 16.7. The first-order valence-electron chi connectivity index (χ1n) is 6.82. The number of ether oxygens (including phenoxy) is 2. The van der Waals surface area contributed by atoms with Gasteiger partial charge < -0.3 is 25.2 Å². The summed E-state index contributed by atoms with van der Waals surface area (Å²) in [5, 5.41) is 14.4. The minimum atomic E-state index is -0.796. The van der Waals surface area contributed by atoms with E-state index in [2.05, 4.69) is 10.6 Å². The van der Waals surface area contributed by atoms with Crippen molar-refractivity contribution in [3.63, 3.8) is 0 Å². The zero-order valence-electron chi connectivity index (χ0n) is 11.3. The van der Waals surface area contributed by atoms with E-state index in [1.807, 2.05) is 0 Å². The van der Waals surface area contributed by atoms with Crippen LogP contribution in [0.2, 0.25) is 0 Å². The van der Waals surface area contributed by atoms with Crippen LogP contribution in [0.1, 0.15) is 19.3 Å². The molecule has 1 aromatic rings. The number of anilines is 1. The van der Waals surface area contributed by atoms with Gasteiger partial charge in [-0.15, -0.1) is 0 Å². The highest BCUT2D eigenvalue weighted by Crippen LogP contribution is 2.34. The third-order valence-electron chi connectivity index (χ3n) is 3.75. The van der Waals surface area contributed by atoms with Crippen LogP contribution >= 0.6 is 0 Å². The highest BCUT2D eigenvalue weighted by molar-refractivity contribution is 5.90. The number of nitrogens with one attached hydrogen (secondary N) is 2. The maximum Gasteiger partial charge on any atom is 0.319 e. The van der Waals surface area contributed by atoms with Crippen LogP contribution in [0.5, 0.6) is 11.5 Å². The van der Waals surface area contributed by atoms with Crippen molar-refractivity contribution in [2.45, 2.75) is 25.3 Å². The van der Waals surface area contributed by atoms with Crippen molar-refractivity contribution < 1.29 is 24.2 Å². The van der Waals surface area contributed by atoms with Crippen molar-refractivity contribution in [3.05, 3.63) is 18.2 Å². The van der Waals surface area contributed by atoms with E-state index < -0.39 is 5.97 Å². The Morgan fingerprint density at radius 1 is 1.19 bits per heavy atom. The number of carboxylic acids is 1. The number of benzene rings is 1. The van der Waals surface area contributed by atoms with Gasteiger partial charge in [-0.1, -0.05) is 0 Å². The van der Waals surface area contributed by atoms with Crippen molar-refractivity contribution in [3.8, 4) is 11.5 Å². The molecule has 1 saturated carbocycles. The van der Waals surface area contributed by atoms with Gasteiger partial charge >= 0.3 is 12.0 Å². The fraction of sp³-hybridized carbons (Fsp3) is 0.429. The van der Waals surface area contributed by atoms with Gasteiger partial charge in [-0.2, -0.15) is 0 Å². The van der Waals surface area contributed by atoms with Crippen molar-refractivity contribution >= 4 is 17.7 Å². The maximum absolute atomic E-state index is 11.9. The van der Waals surface area contributed by atoms with Gasteiger partial charge in [0.05, 0.1) is 5.92 Å². The van der Waals surface area contributed by atoms with Crippen molar-refractivity contribution in [1.82, 2.24) is 5.32 Å². The molecule has 1 fully saturated rings. The van der Waals surface area contributed by atoms with Gasteiger partial charge in [0.15, 0.2) is 11.5 Å². The topological polar surface area (TPSA) is 96.9 Å². The van der Waals surface area contributed by atoms with Gasteiger partial charge in [0, 0.05) is 17.8 Å². The molecule has 0 spiro atoms. The second-order valence-corrected chi connectivity index (χ2v) is 5.21. The predicted octanol–water partition coefficient (Wildman–Crippen LogP) is 1.79. The summed E-state index contributed by atoms with van der Waals surface area (Å²) in [6, 6.07) is 4.71. The Bertz CT molecular complexity index is 574. The highest BCUT2D eigenvalue weighted by Gasteiger charge is 2.30. The number of carbonyl (C=O) groups excluding carboxylic acids is 1. The van der Waals surface area contributed by atoms with Crippen molar-refractivity contribution in [2.24, 2.45) is 5.92 Å². The molecule has 3 N–H and O–H groups in total. The monoisotopic (exact) mass is 292 g/mol. The van der Waals surface area contributed by atoms with Crippen LogP contribution in [0.15, 0.2) is 18.2 Å². The summed E-state index contributed by atoms with van der Waals surface area (Å²) in [5.74, 6) is 0.0944. The lowest BCUT2D eigenvalue weighted by molar-refractivity contribution is -0.141. The number of hydrogen-bond acceptors (Lipinski definition) is 4. The first kappa shape index (κ1) is 13.5.